The lowest BCUT2D eigenvalue weighted by Gasteiger charge is -2.23. The normalized spacial score (nSPS) is 13.3. The van der Waals surface area contributed by atoms with Crippen LogP contribution in [0.25, 0.3) is 0 Å². The molecular formula is C25H32N2O4. The molecule has 0 aliphatic heterocycles. The topological polar surface area (TPSA) is 84.5 Å². The molecule has 6 heteroatoms. The molecule has 166 valence electrons. The molecule has 2 amide bonds. The molecule has 6 nitrogen and oxygen atoms in total. The highest BCUT2D eigenvalue weighted by atomic mass is 16.5. The van der Waals surface area contributed by atoms with Crippen molar-refractivity contribution in [2.45, 2.75) is 59.1 Å². The predicted molar refractivity (Wildman–Crippen MR) is 122 cm³/mol. The number of nitrogens with one attached hydrogen (secondary N) is 2. The van der Waals surface area contributed by atoms with Gasteiger partial charge in [-0.1, -0.05) is 65.0 Å². The summed E-state index contributed by atoms with van der Waals surface area (Å²) >= 11 is 0. The number of para-hydroxylation sites is 1. The maximum Gasteiger partial charge on any atom is 0.329 e. The van der Waals surface area contributed by atoms with Gasteiger partial charge in [0.2, 0.25) is 0 Å². The Kier molecular flexibility index (Phi) is 7.97. The molecule has 0 saturated carbocycles. The minimum absolute atomic E-state index is 0.0181. The lowest BCUT2D eigenvalue weighted by Crippen LogP contribution is -2.47. The first-order valence-electron chi connectivity index (χ1n) is 10.5. The van der Waals surface area contributed by atoms with Gasteiger partial charge < -0.3 is 15.4 Å². The fourth-order valence-electron chi connectivity index (χ4n) is 2.91. The molecule has 0 heterocycles. The summed E-state index contributed by atoms with van der Waals surface area (Å²) in [5.74, 6) is -1.66. The van der Waals surface area contributed by atoms with E-state index in [1.807, 2.05) is 32.0 Å². The number of hydrogen-bond donors (Lipinski definition) is 2. The smallest absolute Gasteiger partial charge is 0.329 e. The molecular weight excluding hydrogens is 392 g/mol. The first-order valence-corrected chi connectivity index (χ1v) is 10.5. The Bertz CT molecular complexity index is 899. The number of esters is 1. The SMILES string of the molecule is CC(OC(=O)[C@@H](NC(=O)c1ccc(C(C)(C)C)cc1)C(C)C)C(=O)Nc1ccccc1. The van der Waals surface area contributed by atoms with Gasteiger partial charge in [0.25, 0.3) is 11.8 Å². The van der Waals surface area contributed by atoms with Crippen molar-refractivity contribution >= 4 is 23.5 Å². The van der Waals surface area contributed by atoms with Gasteiger partial charge >= 0.3 is 5.97 Å². The summed E-state index contributed by atoms with van der Waals surface area (Å²) < 4.78 is 5.34. The third kappa shape index (κ3) is 6.95. The van der Waals surface area contributed by atoms with Crippen LogP contribution in [0, 0.1) is 5.92 Å². The predicted octanol–water partition coefficient (Wildman–Crippen LogP) is 4.31. The van der Waals surface area contributed by atoms with E-state index in [2.05, 4.69) is 31.4 Å². The lowest BCUT2D eigenvalue weighted by molar-refractivity contribution is -0.156. The summed E-state index contributed by atoms with van der Waals surface area (Å²) in [7, 11) is 0. The van der Waals surface area contributed by atoms with Crippen molar-refractivity contribution in [2.24, 2.45) is 5.92 Å². The van der Waals surface area contributed by atoms with Gasteiger partial charge in [0, 0.05) is 11.3 Å². The quantitative estimate of drug-likeness (QED) is 0.649. The van der Waals surface area contributed by atoms with Crippen LogP contribution in [-0.2, 0) is 19.7 Å². The van der Waals surface area contributed by atoms with Gasteiger partial charge in [0.15, 0.2) is 6.10 Å². The molecule has 0 spiro atoms. The first-order chi connectivity index (χ1) is 14.5. The number of carbonyl (C=O) groups is 3. The van der Waals surface area contributed by atoms with Crippen LogP contribution in [0.4, 0.5) is 5.69 Å². The van der Waals surface area contributed by atoms with Crippen molar-refractivity contribution in [1.29, 1.82) is 0 Å². The summed E-state index contributed by atoms with van der Waals surface area (Å²) in [6.45, 7) is 11.4. The van der Waals surface area contributed by atoms with Crippen molar-refractivity contribution in [3.05, 3.63) is 65.7 Å². The van der Waals surface area contributed by atoms with Crippen LogP contribution in [-0.4, -0.2) is 29.9 Å². The maximum absolute atomic E-state index is 12.7. The fourth-order valence-corrected chi connectivity index (χ4v) is 2.91. The van der Waals surface area contributed by atoms with Crippen molar-refractivity contribution in [1.82, 2.24) is 5.32 Å². The van der Waals surface area contributed by atoms with Gasteiger partial charge in [0.05, 0.1) is 0 Å². The highest BCUT2D eigenvalue weighted by molar-refractivity contribution is 5.98. The monoisotopic (exact) mass is 424 g/mol. The van der Waals surface area contributed by atoms with Crippen LogP contribution in [0.15, 0.2) is 54.6 Å². The summed E-state index contributed by atoms with van der Waals surface area (Å²) in [6, 6.07) is 15.4. The van der Waals surface area contributed by atoms with Gasteiger partial charge in [-0.05, 0) is 48.1 Å². The molecule has 2 N–H and O–H groups in total. The summed E-state index contributed by atoms with van der Waals surface area (Å²) in [5.41, 5.74) is 2.17. The molecule has 0 bridgehead atoms. The minimum Gasteiger partial charge on any atom is -0.451 e. The number of ether oxygens (including phenoxy) is 1. The van der Waals surface area contributed by atoms with E-state index in [9.17, 15) is 14.4 Å². The molecule has 2 aromatic rings. The van der Waals surface area contributed by atoms with E-state index in [-0.39, 0.29) is 17.2 Å². The first kappa shape index (κ1) is 24.1. The minimum atomic E-state index is -1.00. The summed E-state index contributed by atoms with van der Waals surface area (Å²) in [5, 5.41) is 5.44. The van der Waals surface area contributed by atoms with Crippen LogP contribution >= 0.6 is 0 Å². The number of carbonyl (C=O) groups excluding carboxylic acids is 3. The second kappa shape index (κ2) is 10.2. The van der Waals surface area contributed by atoms with Crippen LogP contribution < -0.4 is 10.6 Å². The molecule has 0 aliphatic carbocycles. The Labute approximate surface area is 184 Å². The van der Waals surface area contributed by atoms with Gasteiger partial charge in [-0.15, -0.1) is 0 Å². The molecule has 0 fully saturated rings. The zero-order chi connectivity index (χ0) is 23.2. The zero-order valence-electron chi connectivity index (χ0n) is 19.1. The zero-order valence-corrected chi connectivity index (χ0v) is 19.1. The van der Waals surface area contributed by atoms with Crippen molar-refractivity contribution in [3.8, 4) is 0 Å². The average Bonchev–Trinajstić information content (AvgIpc) is 2.71. The molecule has 0 aliphatic rings. The number of hydrogen-bond acceptors (Lipinski definition) is 4. The van der Waals surface area contributed by atoms with E-state index >= 15 is 0 Å². The lowest BCUT2D eigenvalue weighted by atomic mass is 9.86. The molecule has 0 aromatic heterocycles. The Hall–Kier alpha value is -3.15. The largest absolute Gasteiger partial charge is 0.451 e. The van der Waals surface area contributed by atoms with Gasteiger partial charge in [-0.25, -0.2) is 4.79 Å². The molecule has 2 rings (SSSR count). The van der Waals surface area contributed by atoms with Crippen LogP contribution in [0.1, 0.15) is 57.5 Å². The van der Waals surface area contributed by atoms with E-state index in [1.165, 1.54) is 6.92 Å². The number of benzene rings is 2. The average molecular weight is 425 g/mol. The summed E-state index contributed by atoms with van der Waals surface area (Å²) in [6.07, 6.45) is -1.00. The standard InChI is InChI=1S/C25H32N2O4/c1-16(2)21(27-23(29)18-12-14-19(15-13-18)25(4,5)6)24(30)31-17(3)22(28)26-20-10-8-7-9-11-20/h7-17,21H,1-6H3,(H,26,28)(H,27,29)/t17?,21-/m0/s1. The fraction of sp³-hybridized carbons (Fsp3) is 0.400. The molecule has 0 saturated heterocycles. The van der Waals surface area contributed by atoms with Crippen LogP contribution in [0.2, 0.25) is 0 Å². The second-order valence-electron chi connectivity index (χ2n) is 8.96. The van der Waals surface area contributed by atoms with E-state index < -0.39 is 24.0 Å². The Balaban J connectivity index is 2.01. The second-order valence-corrected chi connectivity index (χ2v) is 8.96. The van der Waals surface area contributed by atoms with E-state index in [1.54, 1.807) is 36.4 Å². The Morgan fingerprint density at radius 3 is 1.97 bits per heavy atom. The molecule has 2 aromatic carbocycles. The third-order valence-electron chi connectivity index (χ3n) is 4.92. The number of amides is 2. The van der Waals surface area contributed by atoms with E-state index in [0.29, 0.717) is 11.3 Å². The van der Waals surface area contributed by atoms with Crippen LogP contribution in [0.5, 0.6) is 0 Å². The molecule has 2 atom stereocenters. The van der Waals surface area contributed by atoms with E-state index in [4.69, 9.17) is 4.74 Å². The van der Waals surface area contributed by atoms with Gasteiger partial charge in [0.1, 0.15) is 6.04 Å². The number of rotatable bonds is 7. The summed E-state index contributed by atoms with van der Waals surface area (Å²) in [4.78, 5) is 37.7. The van der Waals surface area contributed by atoms with Crippen molar-refractivity contribution < 1.29 is 19.1 Å². The third-order valence-corrected chi connectivity index (χ3v) is 4.92. The maximum atomic E-state index is 12.7. The van der Waals surface area contributed by atoms with E-state index in [0.717, 1.165) is 5.56 Å². The molecule has 0 radical (unpaired) electrons. The Morgan fingerprint density at radius 2 is 1.45 bits per heavy atom. The van der Waals surface area contributed by atoms with Gasteiger partial charge in [-0.2, -0.15) is 0 Å². The van der Waals surface area contributed by atoms with Crippen LogP contribution in [0.3, 0.4) is 0 Å². The molecule has 1 unspecified atom stereocenters. The number of anilines is 1. The highest BCUT2D eigenvalue weighted by Gasteiger charge is 2.29. The Morgan fingerprint density at radius 1 is 0.871 bits per heavy atom. The highest BCUT2D eigenvalue weighted by Crippen LogP contribution is 2.22. The van der Waals surface area contributed by atoms with Crippen molar-refractivity contribution in [3.63, 3.8) is 0 Å². The van der Waals surface area contributed by atoms with Crippen molar-refractivity contribution in [2.75, 3.05) is 5.32 Å². The molecule has 31 heavy (non-hydrogen) atoms. The van der Waals surface area contributed by atoms with Gasteiger partial charge in [-0.3, -0.25) is 9.59 Å².